The van der Waals surface area contributed by atoms with E-state index in [1.807, 2.05) is 0 Å². The molecule has 0 atom stereocenters. The summed E-state index contributed by atoms with van der Waals surface area (Å²) in [6.45, 7) is 4.59. The van der Waals surface area contributed by atoms with E-state index in [-0.39, 0.29) is 18.1 Å². The first-order chi connectivity index (χ1) is 12.1. The summed E-state index contributed by atoms with van der Waals surface area (Å²) in [5.41, 5.74) is 1.16. The molecule has 26 heavy (non-hydrogen) atoms. The lowest BCUT2D eigenvalue weighted by Gasteiger charge is -2.26. The van der Waals surface area contributed by atoms with Crippen LogP contribution >= 0.6 is 24.0 Å². The molecule has 0 unspecified atom stereocenters. The van der Waals surface area contributed by atoms with Crippen LogP contribution in [0.4, 0.5) is 0 Å². The third-order valence-electron chi connectivity index (χ3n) is 3.88. The second-order valence-corrected chi connectivity index (χ2v) is 5.95. The summed E-state index contributed by atoms with van der Waals surface area (Å²) < 4.78 is 11.1. The molecule has 0 spiro atoms. The molecule has 1 aliphatic rings. The lowest BCUT2D eigenvalue weighted by molar-refractivity contribution is 0.0322. The molecule has 1 aromatic carbocycles. The Hall–Kier alpha value is -1.93. The average molecular weight is 400 g/mol. The topological polar surface area (TPSA) is 84.8 Å². The van der Waals surface area contributed by atoms with Crippen LogP contribution in [0.3, 0.4) is 0 Å². The van der Waals surface area contributed by atoms with Gasteiger partial charge in [-0.3, -0.25) is 4.90 Å². The van der Waals surface area contributed by atoms with Gasteiger partial charge in [0.25, 0.3) is 0 Å². The van der Waals surface area contributed by atoms with E-state index in [4.69, 9.17) is 26.2 Å². The maximum atomic E-state index is 11.0. The van der Waals surface area contributed by atoms with E-state index >= 15 is 0 Å². The standard InChI is InChI=1S/C17H18ClN3O4.ClH/c18-13-2-1-12(14-10-15(17(22)23)20-11-19-14)9-16(13)25-8-5-21-3-6-24-7-4-21;/h1-2,9-11H,3-8H2,(H,22,23);1H. The molecule has 0 saturated carbocycles. The van der Waals surface area contributed by atoms with Crippen LogP contribution in [0.2, 0.25) is 5.02 Å². The lowest BCUT2D eigenvalue weighted by Crippen LogP contribution is -2.38. The molecule has 2 heterocycles. The molecule has 0 amide bonds. The number of carboxylic acid groups (broad SMARTS) is 1. The third kappa shape index (κ3) is 5.28. The zero-order chi connectivity index (χ0) is 17.6. The van der Waals surface area contributed by atoms with Crippen molar-refractivity contribution < 1.29 is 19.4 Å². The second kappa shape index (κ2) is 9.68. The van der Waals surface area contributed by atoms with Gasteiger partial charge in [-0.25, -0.2) is 14.8 Å². The molecule has 1 aliphatic heterocycles. The van der Waals surface area contributed by atoms with Crippen LogP contribution in [0.25, 0.3) is 11.3 Å². The molecule has 1 fully saturated rings. The summed E-state index contributed by atoms with van der Waals surface area (Å²) in [7, 11) is 0. The monoisotopic (exact) mass is 399 g/mol. The van der Waals surface area contributed by atoms with Crippen LogP contribution in [0, 0.1) is 0 Å². The number of hydrogen-bond acceptors (Lipinski definition) is 6. The second-order valence-electron chi connectivity index (χ2n) is 5.54. The Bertz CT molecular complexity index is 755. The summed E-state index contributed by atoms with van der Waals surface area (Å²) in [5.74, 6) is -0.553. The van der Waals surface area contributed by atoms with E-state index < -0.39 is 5.97 Å². The Kier molecular flexibility index (Phi) is 7.59. The van der Waals surface area contributed by atoms with Crippen LogP contribution in [0.5, 0.6) is 5.75 Å². The number of hydrogen-bond donors (Lipinski definition) is 1. The van der Waals surface area contributed by atoms with E-state index in [1.54, 1.807) is 18.2 Å². The van der Waals surface area contributed by atoms with Crippen molar-refractivity contribution in [1.29, 1.82) is 0 Å². The van der Waals surface area contributed by atoms with Crippen molar-refractivity contribution in [3.05, 3.63) is 41.3 Å². The van der Waals surface area contributed by atoms with Crippen molar-refractivity contribution in [2.24, 2.45) is 0 Å². The van der Waals surface area contributed by atoms with Gasteiger partial charge in [-0.2, -0.15) is 0 Å². The highest BCUT2D eigenvalue weighted by molar-refractivity contribution is 6.32. The zero-order valence-corrected chi connectivity index (χ0v) is 15.5. The summed E-state index contributed by atoms with van der Waals surface area (Å²) >= 11 is 6.20. The highest BCUT2D eigenvalue weighted by Crippen LogP contribution is 2.30. The fourth-order valence-corrected chi connectivity index (χ4v) is 2.69. The Morgan fingerprint density at radius 1 is 1.27 bits per heavy atom. The minimum atomic E-state index is -1.10. The first-order valence-corrected chi connectivity index (χ1v) is 8.29. The van der Waals surface area contributed by atoms with E-state index in [1.165, 1.54) is 12.4 Å². The first-order valence-electron chi connectivity index (χ1n) is 7.91. The van der Waals surface area contributed by atoms with Gasteiger partial charge >= 0.3 is 5.97 Å². The molecule has 9 heteroatoms. The van der Waals surface area contributed by atoms with Crippen molar-refractivity contribution in [2.45, 2.75) is 0 Å². The molecular weight excluding hydrogens is 381 g/mol. The van der Waals surface area contributed by atoms with Gasteiger partial charge in [0.15, 0.2) is 5.69 Å². The molecule has 1 N–H and O–H groups in total. The fourth-order valence-electron chi connectivity index (χ4n) is 2.51. The number of carbonyl (C=O) groups is 1. The van der Waals surface area contributed by atoms with Gasteiger partial charge in [0.05, 0.1) is 23.9 Å². The first kappa shape index (κ1) is 20.4. The van der Waals surface area contributed by atoms with E-state index in [9.17, 15) is 4.79 Å². The van der Waals surface area contributed by atoms with Crippen molar-refractivity contribution in [3.63, 3.8) is 0 Å². The van der Waals surface area contributed by atoms with Crippen LogP contribution < -0.4 is 4.74 Å². The van der Waals surface area contributed by atoms with E-state index in [2.05, 4.69) is 14.9 Å². The highest BCUT2D eigenvalue weighted by Gasteiger charge is 2.12. The molecular formula is C17H19Cl2N3O4. The third-order valence-corrected chi connectivity index (χ3v) is 4.19. The normalized spacial score (nSPS) is 14.5. The molecule has 0 bridgehead atoms. The number of ether oxygens (including phenoxy) is 2. The molecule has 140 valence electrons. The number of carboxylic acids is 1. The average Bonchev–Trinajstić information content (AvgIpc) is 2.64. The maximum Gasteiger partial charge on any atom is 0.354 e. The van der Waals surface area contributed by atoms with E-state index in [0.717, 1.165) is 38.4 Å². The maximum absolute atomic E-state index is 11.0. The van der Waals surface area contributed by atoms with Crippen LogP contribution in [0.15, 0.2) is 30.6 Å². The van der Waals surface area contributed by atoms with Crippen LogP contribution in [0.1, 0.15) is 10.5 Å². The SMILES string of the molecule is Cl.O=C(O)c1cc(-c2ccc(Cl)c(OCCN3CCOCC3)c2)ncn1. The highest BCUT2D eigenvalue weighted by atomic mass is 35.5. The molecule has 1 saturated heterocycles. The van der Waals surface area contributed by atoms with Gasteiger partial charge in [-0.05, 0) is 18.2 Å². The Morgan fingerprint density at radius 3 is 2.77 bits per heavy atom. The summed E-state index contributed by atoms with van der Waals surface area (Å²) in [6.07, 6.45) is 1.23. The number of rotatable bonds is 6. The fraction of sp³-hybridized carbons (Fsp3) is 0.353. The van der Waals surface area contributed by atoms with Crippen molar-refractivity contribution >= 4 is 30.0 Å². The van der Waals surface area contributed by atoms with Gasteiger partial charge in [-0.15, -0.1) is 12.4 Å². The zero-order valence-electron chi connectivity index (χ0n) is 13.9. The van der Waals surface area contributed by atoms with Gasteiger partial charge in [0.2, 0.25) is 0 Å². The molecule has 2 aromatic rings. The molecule has 7 nitrogen and oxygen atoms in total. The van der Waals surface area contributed by atoms with Crippen LogP contribution in [-0.4, -0.2) is 65.4 Å². The van der Waals surface area contributed by atoms with Gasteiger partial charge in [0, 0.05) is 25.2 Å². The number of benzene rings is 1. The van der Waals surface area contributed by atoms with Gasteiger partial charge in [0.1, 0.15) is 18.7 Å². The summed E-state index contributed by atoms with van der Waals surface area (Å²) in [4.78, 5) is 21.2. The van der Waals surface area contributed by atoms with E-state index in [0.29, 0.717) is 23.1 Å². The molecule has 3 rings (SSSR count). The van der Waals surface area contributed by atoms with Crippen molar-refractivity contribution in [3.8, 4) is 17.0 Å². The number of aromatic carboxylic acids is 1. The molecule has 0 radical (unpaired) electrons. The molecule has 1 aromatic heterocycles. The Labute approximate surface area is 162 Å². The van der Waals surface area contributed by atoms with Gasteiger partial charge in [-0.1, -0.05) is 17.7 Å². The summed E-state index contributed by atoms with van der Waals surface area (Å²) in [5, 5.41) is 9.54. The largest absolute Gasteiger partial charge is 0.491 e. The predicted molar refractivity (Wildman–Crippen MR) is 99.4 cm³/mol. The van der Waals surface area contributed by atoms with Crippen LogP contribution in [-0.2, 0) is 4.74 Å². The minimum absolute atomic E-state index is 0. The van der Waals surface area contributed by atoms with Crippen molar-refractivity contribution in [2.75, 3.05) is 39.5 Å². The quantitative estimate of drug-likeness (QED) is 0.798. The predicted octanol–water partition coefficient (Wildman–Crippen LogP) is 2.63. The minimum Gasteiger partial charge on any atom is -0.491 e. The number of halogens is 2. The number of nitrogens with zero attached hydrogens (tertiary/aromatic N) is 3. The number of aromatic nitrogens is 2. The molecule has 0 aliphatic carbocycles. The number of morpholine rings is 1. The van der Waals surface area contributed by atoms with Crippen molar-refractivity contribution in [1.82, 2.24) is 14.9 Å². The Balaban J connectivity index is 0.00000243. The lowest BCUT2D eigenvalue weighted by atomic mass is 10.1. The van der Waals surface area contributed by atoms with Gasteiger partial charge < -0.3 is 14.6 Å². The summed E-state index contributed by atoms with van der Waals surface area (Å²) in [6, 6.07) is 6.66. The Morgan fingerprint density at radius 2 is 2.04 bits per heavy atom. The smallest absolute Gasteiger partial charge is 0.354 e.